The number of anilines is 1. The van der Waals surface area contributed by atoms with Gasteiger partial charge in [0, 0.05) is 43.6 Å². The summed E-state index contributed by atoms with van der Waals surface area (Å²) in [5, 5.41) is 4.78. The van der Waals surface area contributed by atoms with Crippen LogP contribution < -0.4 is 10.2 Å². The lowest BCUT2D eigenvalue weighted by Gasteiger charge is -2.30. The largest absolute Gasteiger partial charge is 0.381 e. The Bertz CT molecular complexity index is 462. The molecule has 1 N–H and O–H groups in total. The van der Waals surface area contributed by atoms with E-state index in [0.717, 1.165) is 38.4 Å². The van der Waals surface area contributed by atoms with E-state index in [4.69, 9.17) is 9.72 Å². The van der Waals surface area contributed by atoms with E-state index in [1.165, 1.54) is 28.5 Å². The SMILES string of the molecule is COC1CCN(c2nc(C3CC3)c(CNC(C)C)s2)CC1. The van der Waals surface area contributed by atoms with Crippen molar-refractivity contribution in [3.63, 3.8) is 0 Å². The van der Waals surface area contributed by atoms with Gasteiger partial charge in [-0.3, -0.25) is 0 Å². The molecule has 3 rings (SSSR count). The van der Waals surface area contributed by atoms with Gasteiger partial charge in [0.2, 0.25) is 0 Å². The van der Waals surface area contributed by atoms with Gasteiger partial charge in [0.25, 0.3) is 0 Å². The van der Waals surface area contributed by atoms with Gasteiger partial charge in [-0.05, 0) is 25.7 Å². The summed E-state index contributed by atoms with van der Waals surface area (Å²) in [6.07, 6.45) is 5.32. The molecule has 2 heterocycles. The van der Waals surface area contributed by atoms with Crippen LogP contribution in [0.5, 0.6) is 0 Å². The van der Waals surface area contributed by atoms with Crippen LogP contribution in [0.4, 0.5) is 5.13 Å². The van der Waals surface area contributed by atoms with Crippen molar-refractivity contribution in [3.8, 4) is 0 Å². The second kappa shape index (κ2) is 6.63. The maximum absolute atomic E-state index is 5.46. The Balaban J connectivity index is 1.69. The third kappa shape index (κ3) is 3.76. The quantitative estimate of drug-likeness (QED) is 0.876. The van der Waals surface area contributed by atoms with E-state index in [9.17, 15) is 0 Å². The van der Waals surface area contributed by atoms with Gasteiger partial charge in [-0.2, -0.15) is 0 Å². The molecular formula is C16H27N3OS. The number of nitrogens with zero attached hydrogens (tertiary/aromatic N) is 2. The van der Waals surface area contributed by atoms with Crippen molar-refractivity contribution in [1.82, 2.24) is 10.3 Å². The highest BCUT2D eigenvalue weighted by Crippen LogP contribution is 2.44. The van der Waals surface area contributed by atoms with E-state index >= 15 is 0 Å². The van der Waals surface area contributed by atoms with Crippen molar-refractivity contribution in [2.45, 2.75) is 64.1 Å². The second-order valence-electron chi connectivity index (χ2n) is 6.54. The van der Waals surface area contributed by atoms with Gasteiger partial charge in [-0.25, -0.2) is 4.98 Å². The molecule has 2 aliphatic rings. The average molecular weight is 309 g/mol. The summed E-state index contributed by atoms with van der Waals surface area (Å²) >= 11 is 1.90. The van der Waals surface area contributed by atoms with Crippen LogP contribution in [0.3, 0.4) is 0 Å². The third-order valence-corrected chi connectivity index (χ3v) is 5.53. The van der Waals surface area contributed by atoms with Gasteiger partial charge < -0.3 is 15.0 Å². The molecule has 1 aliphatic heterocycles. The fraction of sp³-hybridized carbons (Fsp3) is 0.812. The predicted octanol–water partition coefficient (Wildman–Crippen LogP) is 3.13. The average Bonchev–Trinajstić information content (AvgIpc) is 3.25. The Labute approximate surface area is 131 Å². The number of ether oxygens (including phenoxy) is 1. The van der Waals surface area contributed by atoms with Crippen molar-refractivity contribution in [3.05, 3.63) is 10.6 Å². The van der Waals surface area contributed by atoms with E-state index in [0.29, 0.717) is 12.1 Å². The van der Waals surface area contributed by atoms with E-state index in [1.807, 2.05) is 18.4 Å². The number of methoxy groups -OCH3 is 1. The molecule has 0 radical (unpaired) electrons. The minimum atomic E-state index is 0.436. The van der Waals surface area contributed by atoms with E-state index in [1.54, 1.807) is 0 Å². The van der Waals surface area contributed by atoms with Crippen molar-refractivity contribution in [2.75, 3.05) is 25.1 Å². The molecule has 0 atom stereocenters. The first-order valence-corrected chi connectivity index (χ1v) is 8.99. The highest BCUT2D eigenvalue weighted by Gasteiger charge is 2.31. The van der Waals surface area contributed by atoms with Gasteiger partial charge in [0.15, 0.2) is 5.13 Å². The highest BCUT2D eigenvalue weighted by molar-refractivity contribution is 7.15. The summed E-state index contributed by atoms with van der Waals surface area (Å²) in [7, 11) is 1.82. The summed E-state index contributed by atoms with van der Waals surface area (Å²) in [4.78, 5) is 8.89. The van der Waals surface area contributed by atoms with Crippen LogP contribution in [0.1, 0.15) is 56.0 Å². The molecule has 118 valence electrons. The normalized spacial score (nSPS) is 20.5. The van der Waals surface area contributed by atoms with E-state index < -0.39 is 0 Å². The first-order valence-electron chi connectivity index (χ1n) is 8.18. The van der Waals surface area contributed by atoms with Crippen LogP contribution in [0.25, 0.3) is 0 Å². The van der Waals surface area contributed by atoms with Gasteiger partial charge in [-0.15, -0.1) is 11.3 Å². The number of hydrogen-bond acceptors (Lipinski definition) is 5. The van der Waals surface area contributed by atoms with E-state index in [-0.39, 0.29) is 0 Å². The molecule has 1 saturated carbocycles. The Morgan fingerprint density at radius 1 is 1.29 bits per heavy atom. The number of thiazole rings is 1. The summed E-state index contributed by atoms with van der Waals surface area (Å²) in [6.45, 7) is 7.53. The topological polar surface area (TPSA) is 37.4 Å². The standard InChI is InChI=1S/C16H27N3OS/c1-11(2)17-10-14-15(12-4-5-12)18-16(21-14)19-8-6-13(20-3)7-9-19/h11-13,17H,4-10H2,1-3H3. The molecule has 1 aliphatic carbocycles. The fourth-order valence-corrected chi connectivity index (χ4v) is 4.02. The number of piperidine rings is 1. The van der Waals surface area contributed by atoms with Crippen LogP contribution in [0.2, 0.25) is 0 Å². The lowest BCUT2D eigenvalue weighted by molar-refractivity contribution is 0.0819. The van der Waals surface area contributed by atoms with Crippen molar-refractivity contribution in [2.24, 2.45) is 0 Å². The van der Waals surface area contributed by atoms with Crippen molar-refractivity contribution < 1.29 is 4.74 Å². The minimum absolute atomic E-state index is 0.436. The van der Waals surface area contributed by atoms with Crippen LogP contribution in [-0.2, 0) is 11.3 Å². The Hall–Kier alpha value is -0.650. The number of nitrogens with one attached hydrogen (secondary N) is 1. The van der Waals surface area contributed by atoms with Gasteiger partial charge in [-0.1, -0.05) is 13.8 Å². The molecule has 1 aromatic rings. The van der Waals surface area contributed by atoms with E-state index in [2.05, 4.69) is 24.1 Å². The molecule has 0 spiro atoms. The zero-order valence-corrected chi connectivity index (χ0v) is 14.2. The molecule has 0 unspecified atom stereocenters. The lowest BCUT2D eigenvalue weighted by atomic mass is 10.1. The minimum Gasteiger partial charge on any atom is -0.381 e. The molecule has 21 heavy (non-hydrogen) atoms. The second-order valence-corrected chi connectivity index (χ2v) is 7.60. The summed E-state index contributed by atoms with van der Waals surface area (Å²) in [5.41, 5.74) is 1.37. The number of rotatable bonds is 6. The zero-order chi connectivity index (χ0) is 14.8. The number of aromatic nitrogens is 1. The Morgan fingerprint density at radius 3 is 2.57 bits per heavy atom. The van der Waals surface area contributed by atoms with Gasteiger partial charge in [0.1, 0.15) is 0 Å². The molecular weight excluding hydrogens is 282 g/mol. The summed E-state index contributed by atoms with van der Waals surface area (Å²) < 4.78 is 5.46. The van der Waals surface area contributed by atoms with Crippen molar-refractivity contribution in [1.29, 1.82) is 0 Å². The highest BCUT2D eigenvalue weighted by atomic mass is 32.1. The summed E-state index contributed by atoms with van der Waals surface area (Å²) in [6, 6.07) is 0.528. The predicted molar refractivity (Wildman–Crippen MR) is 88.3 cm³/mol. The summed E-state index contributed by atoms with van der Waals surface area (Å²) in [5.74, 6) is 0.732. The maximum atomic E-state index is 5.46. The van der Waals surface area contributed by atoms with Gasteiger partial charge in [0.05, 0.1) is 11.8 Å². The monoisotopic (exact) mass is 309 g/mol. The first-order chi connectivity index (χ1) is 10.2. The smallest absolute Gasteiger partial charge is 0.185 e. The van der Waals surface area contributed by atoms with Crippen LogP contribution in [-0.4, -0.2) is 37.3 Å². The van der Waals surface area contributed by atoms with Gasteiger partial charge >= 0.3 is 0 Å². The van der Waals surface area contributed by atoms with Crippen LogP contribution >= 0.6 is 11.3 Å². The van der Waals surface area contributed by atoms with Crippen LogP contribution in [0, 0.1) is 0 Å². The molecule has 5 heteroatoms. The molecule has 0 aromatic carbocycles. The van der Waals surface area contributed by atoms with Crippen molar-refractivity contribution >= 4 is 16.5 Å². The molecule has 1 saturated heterocycles. The lowest BCUT2D eigenvalue weighted by Crippen LogP contribution is -2.36. The Morgan fingerprint density at radius 2 is 2.00 bits per heavy atom. The number of hydrogen-bond donors (Lipinski definition) is 1. The molecule has 0 bridgehead atoms. The molecule has 4 nitrogen and oxygen atoms in total. The fourth-order valence-electron chi connectivity index (χ4n) is 2.87. The molecule has 2 fully saturated rings. The van der Waals surface area contributed by atoms with Crippen LogP contribution in [0.15, 0.2) is 0 Å². The maximum Gasteiger partial charge on any atom is 0.185 e. The zero-order valence-electron chi connectivity index (χ0n) is 13.4. The Kier molecular flexibility index (Phi) is 4.82. The first kappa shape index (κ1) is 15.3. The third-order valence-electron chi connectivity index (χ3n) is 4.40. The molecule has 1 aromatic heterocycles. The molecule has 0 amide bonds.